The highest BCUT2D eigenvalue weighted by molar-refractivity contribution is 5.85. The second-order valence-electron chi connectivity index (χ2n) is 5.92. The Morgan fingerprint density at radius 3 is 1.76 bits per heavy atom. The Balaban J connectivity index is 1.98. The summed E-state index contributed by atoms with van der Waals surface area (Å²) < 4.78 is 0. The summed E-state index contributed by atoms with van der Waals surface area (Å²) in [5, 5.41) is 10.6. The maximum atomic E-state index is 10.6. The fourth-order valence-corrected chi connectivity index (χ4v) is 2.62. The van der Waals surface area contributed by atoms with Crippen LogP contribution in [-0.2, 0) is 6.42 Å². The topological polar surface area (TPSA) is 40.1 Å². The lowest BCUT2D eigenvalue weighted by atomic mass is 10.0. The average molecular weight is 289 g/mol. The van der Waals surface area contributed by atoms with Crippen molar-refractivity contribution in [3.63, 3.8) is 0 Å². The zero-order valence-electron chi connectivity index (χ0n) is 13.4. The van der Waals surface area contributed by atoms with E-state index in [2.05, 4.69) is 6.92 Å². The Hall–Kier alpha value is -1.31. The van der Waals surface area contributed by atoms with Gasteiger partial charge in [-0.15, -0.1) is 0 Å². The number of benzene rings is 1. The predicted molar refractivity (Wildman–Crippen MR) is 86.3 cm³/mol. The van der Waals surface area contributed by atoms with Crippen molar-refractivity contribution in [3.05, 3.63) is 35.4 Å². The number of hydrogen-bond acceptors (Lipinski definition) is 2. The van der Waals surface area contributed by atoms with Crippen molar-refractivity contribution in [2.75, 3.05) is 0 Å². The van der Waals surface area contributed by atoms with Crippen LogP contribution in [0.1, 0.15) is 87.1 Å². The van der Waals surface area contributed by atoms with E-state index in [1.54, 1.807) is 12.1 Å². The van der Waals surface area contributed by atoms with Gasteiger partial charge in [0.15, 0.2) is 0 Å². The molecule has 0 amide bonds. The van der Waals surface area contributed by atoms with Crippen LogP contribution in [0.15, 0.2) is 24.3 Å². The minimum Gasteiger partial charge on any atom is -0.545 e. The van der Waals surface area contributed by atoms with Crippen LogP contribution in [0.3, 0.4) is 0 Å². The first-order valence-corrected chi connectivity index (χ1v) is 8.54. The first-order valence-electron chi connectivity index (χ1n) is 8.54. The third-order valence-corrected chi connectivity index (χ3v) is 4.01. The maximum Gasteiger partial charge on any atom is 0.0715 e. The summed E-state index contributed by atoms with van der Waals surface area (Å²) in [7, 11) is 0. The molecule has 0 aliphatic carbocycles. The van der Waals surface area contributed by atoms with Gasteiger partial charge in [-0.25, -0.2) is 0 Å². The number of carbonyl (C=O) groups is 1. The van der Waals surface area contributed by atoms with Crippen molar-refractivity contribution in [2.45, 2.75) is 77.6 Å². The molecule has 0 atom stereocenters. The Kier molecular flexibility index (Phi) is 9.60. The molecule has 1 aromatic rings. The van der Waals surface area contributed by atoms with E-state index in [9.17, 15) is 9.90 Å². The molecule has 0 N–H and O–H groups in total. The Bertz CT molecular complexity index is 381. The minimum atomic E-state index is -1.10. The van der Waals surface area contributed by atoms with Crippen molar-refractivity contribution in [3.8, 4) is 0 Å². The van der Waals surface area contributed by atoms with Crippen LogP contribution < -0.4 is 5.11 Å². The lowest BCUT2D eigenvalue weighted by molar-refractivity contribution is -0.255. The second-order valence-corrected chi connectivity index (χ2v) is 5.92. The molecule has 0 spiro atoms. The highest BCUT2D eigenvalue weighted by atomic mass is 16.4. The number of carboxylic acid groups (broad SMARTS) is 1. The molecule has 0 radical (unpaired) electrons. The number of rotatable bonds is 12. The largest absolute Gasteiger partial charge is 0.545 e. The fraction of sp³-hybridized carbons (Fsp3) is 0.632. The molecule has 0 fully saturated rings. The van der Waals surface area contributed by atoms with Crippen LogP contribution in [0.25, 0.3) is 0 Å². The highest BCUT2D eigenvalue weighted by Crippen LogP contribution is 2.13. The van der Waals surface area contributed by atoms with E-state index in [4.69, 9.17) is 0 Å². The van der Waals surface area contributed by atoms with Crippen molar-refractivity contribution in [2.24, 2.45) is 0 Å². The zero-order valence-corrected chi connectivity index (χ0v) is 13.4. The second kappa shape index (κ2) is 11.4. The van der Waals surface area contributed by atoms with Crippen molar-refractivity contribution in [1.29, 1.82) is 0 Å². The molecule has 0 bridgehead atoms. The SMILES string of the molecule is CCCCCCCCCCCCc1ccc(C(=O)[O-])cc1. The quantitative estimate of drug-likeness (QED) is 0.531. The number of carboxylic acids is 1. The summed E-state index contributed by atoms with van der Waals surface area (Å²) >= 11 is 0. The van der Waals surface area contributed by atoms with Gasteiger partial charge in [0.2, 0.25) is 0 Å². The van der Waals surface area contributed by atoms with Gasteiger partial charge in [-0.3, -0.25) is 0 Å². The van der Waals surface area contributed by atoms with E-state index >= 15 is 0 Å². The van der Waals surface area contributed by atoms with E-state index in [0.29, 0.717) is 0 Å². The van der Waals surface area contributed by atoms with Gasteiger partial charge >= 0.3 is 0 Å². The third-order valence-electron chi connectivity index (χ3n) is 4.01. The van der Waals surface area contributed by atoms with E-state index in [0.717, 1.165) is 6.42 Å². The number of unbranched alkanes of at least 4 members (excludes halogenated alkanes) is 9. The van der Waals surface area contributed by atoms with E-state index in [1.165, 1.54) is 69.8 Å². The van der Waals surface area contributed by atoms with Crippen molar-refractivity contribution < 1.29 is 9.90 Å². The van der Waals surface area contributed by atoms with Gasteiger partial charge in [0, 0.05) is 0 Å². The Labute approximate surface area is 129 Å². The molecule has 0 heterocycles. The molecule has 1 rings (SSSR count). The predicted octanol–water partition coefficient (Wildman–Crippen LogP) is 4.51. The van der Waals surface area contributed by atoms with Crippen molar-refractivity contribution in [1.82, 2.24) is 0 Å². The fourth-order valence-electron chi connectivity index (χ4n) is 2.62. The Morgan fingerprint density at radius 2 is 1.29 bits per heavy atom. The molecule has 0 unspecified atom stereocenters. The molecule has 2 heteroatoms. The molecule has 118 valence electrons. The lowest BCUT2D eigenvalue weighted by Gasteiger charge is -2.05. The number of aryl methyl sites for hydroxylation is 1. The van der Waals surface area contributed by atoms with Crippen LogP contribution >= 0.6 is 0 Å². The van der Waals surface area contributed by atoms with E-state index in [1.807, 2.05) is 12.1 Å². The first kappa shape index (κ1) is 17.7. The normalized spacial score (nSPS) is 10.7. The van der Waals surface area contributed by atoms with Gasteiger partial charge in [-0.1, -0.05) is 89.0 Å². The monoisotopic (exact) mass is 289 g/mol. The third kappa shape index (κ3) is 8.54. The molecule has 1 aromatic carbocycles. The molecular weight excluding hydrogens is 260 g/mol. The van der Waals surface area contributed by atoms with Crippen LogP contribution in [0, 0.1) is 0 Å². The summed E-state index contributed by atoms with van der Waals surface area (Å²) in [4.78, 5) is 10.6. The number of carbonyl (C=O) groups excluding carboxylic acids is 1. The number of hydrogen-bond donors (Lipinski definition) is 0. The first-order chi connectivity index (χ1) is 10.2. The Morgan fingerprint density at radius 1 is 0.810 bits per heavy atom. The summed E-state index contributed by atoms with van der Waals surface area (Å²) in [5.41, 5.74) is 1.49. The van der Waals surface area contributed by atoms with E-state index in [-0.39, 0.29) is 5.56 Å². The highest BCUT2D eigenvalue weighted by Gasteiger charge is 1.97. The van der Waals surface area contributed by atoms with Crippen LogP contribution in [0.4, 0.5) is 0 Å². The van der Waals surface area contributed by atoms with Crippen LogP contribution in [0.5, 0.6) is 0 Å². The average Bonchev–Trinajstić information content (AvgIpc) is 2.49. The molecule has 0 saturated carbocycles. The maximum absolute atomic E-state index is 10.6. The summed E-state index contributed by atoms with van der Waals surface area (Å²) in [6, 6.07) is 7.08. The van der Waals surface area contributed by atoms with Gasteiger partial charge in [-0.05, 0) is 24.0 Å². The van der Waals surface area contributed by atoms with Crippen molar-refractivity contribution >= 4 is 5.97 Å². The molecule has 2 nitrogen and oxygen atoms in total. The standard InChI is InChI=1S/C19H30O2/c1-2-3-4-5-6-7-8-9-10-11-12-17-13-15-18(16-14-17)19(20)21/h13-16H,2-12H2,1H3,(H,20,21)/p-1. The smallest absolute Gasteiger partial charge is 0.0715 e. The molecular formula is C19H29O2-. The van der Waals surface area contributed by atoms with Gasteiger partial charge in [0.05, 0.1) is 5.97 Å². The van der Waals surface area contributed by atoms with Gasteiger partial charge in [0.25, 0.3) is 0 Å². The molecule has 0 aliphatic rings. The van der Waals surface area contributed by atoms with Gasteiger partial charge < -0.3 is 9.90 Å². The molecule has 0 aromatic heterocycles. The van der Waals surface area contributed by atoms with E-state index < -0.39 is 5.97 Å². The molecule has 21 heavy (non-hydrogen) atoms. The minimum absolute atomic E-state index is 0.266. The lowest BCUT2D eigenvalue weighted by Crippen LogP contribution is -2.21. The van der Waals surface area contributed by atoms with Gasteiger partial charge in [-0.2, -0.15) is 0 Å². The summed E-state index contributed by atoms with van der Waals surface area (Å²) in [5.74, 6) is -1.10. The van der Waals surface area contributed by atoms with Crippen LogP contribution in [-0.4, -0.2) is 5.97 Å². The molecule has 0 aliphatic heterocycles. The summed E-state index contributed by atoms with van der Waals surface area (Å²) in [6.07, 6.45) is 14.5. The number of aromatic carboxylic acids is 1. The molecule has 0 saturated heterocycles. The van der Waals surface area contributed by atoms with Gasteiger partial charge in [0.1, 0.15) is 0 Å². The van der Waals surface area contributed by atoms with Crippen LogP contribution in [0.2, 0.25) is 0 Å². The zero-order chi connectivity index (χ0) is 15.3. The summed E-state index contributed by atoms with van der Waals surface area (Å²) in [6.45, 7) is 2.26.